The first kappa shape index (κ1) is 23.6. The molecular formula is C25H37N7O. The first-order valence-corrected chi connectivity index (χ1v) is 12.3. The number of nitrogens with zero attached hydrogens (tertiary/aromatic N) is 6. The standard InChI is InChI=1S/C25H37N7O/c1-6-11-30-12-14-31(15-13-30)22(23-27-28-29-32(23)25(4,5)8-3)20-17-19-16-18(7-2)9-10-21(19)26-24(20)33/h9-10,16-17,22H,6-8,11-15H2,1-5H3,(H,26,33)/t22-/m1/s1. The summed E-state index contributed by atoms with van der Waals surface area (Å²) < 4.78 is 1.92. The number of benzene rings is 1. The van der Waals surface area contributed by atoms with Gasteiger partial charge in [0.1, 0.15) is 6.04 Å². The van der Waals surface area contributed by atoms with E-state index in [0.717, 1.165) is 68.7 Å². The van der Waals surface area contributed by atoms with E-state index in [2.05, 4.69) is 77.1 Å². The molecule has 178 valence electrons. The van der Waals surface area contributed by atoms with Crippen LogP contribution in [0.5, 0.6) is 0 Å². The van der Waals surface area contributed by atoms with Crippen molar-refractivity contribution >= 4 is 10.9 Å². The zero-order valence-electron chi connectivity index (χ0n) is 20.6. The molecule has 8 heteroatoms. The Morgan fingerprint density at radius 3 is 2.52 bits per heavy atom. The van der Waals surface area contributed by atoms with E-state index in [1.54, 1.807) is 0 Å². The summed E-state index contributed by atoms with van der Waals surface area (Å²) in [5, 5.41) is 14.0. The van der Waals surface area contributed by atoms with Crippen LogP contribution < -0.4 is 5.56 Å². The minimum absolute atomic E-state index is 0.0726. The second kappa shape index (κ2) is 9.73. The predicted molar refractivity (Wildman–Crippen MR) is 132 cm³/mol. The summed E-state index contributed by atoms with van der Waals surface area (Å²) in [7, 11) is 0. The topological polar surface area (TPSA) is 82.9 Å². The molecule has 0 radical (unpaired) electrons. The number of fused-ring (bicyclic) bond motifs is 1. The summed E-state index contributed by atoms with van der Waals surface area (Å²) in [5.74, 6) is 0.738. The number of aromatic amines is 1. The largest absolute Gasteiger partial charge is 0.322 e. The molecule has 1 atom stereocenters. The smallest absolute Gasteiger partial charge is 0.253 e. The molecule has 0 saturated carbocycles. The van der Waals surface area contributed by atoms with Crippen LogP contribution in [0, 0.1) is 0 Å². The number of piperazine rings is 1. The van der Waals surface area contributed by atoms with Crippen molar-refractivity contribution in [2.24, 2.45) is 0 Å². The molecule has 2 aromatic heterocycles. The van der Waals surface area contributed by atoms with Gasteiger partial charge in [-0.25, -0.2) is 4.68 Å². The first-order chi connectivity index (χ1) is 15.9. The van der Waals surface area contributed by atoms with Gasteiger partial charge >= 0.3 is 0 Å². The zero-order valence-corrected chi connectivity index (χ0v) is 20.6. The van der Waals surface area contributed by atoms with Gasteiger partial charge in [0.25, 0.3) is 5.56 Å². The molecule has 33 heavy (non-hydrogen) atoms. The molecule has 0 unspecified atom stereocenters. The Morgan fingerprint density at radius 2 is 1.85 bits per heavy atom. The van der Waals surface area contributed by atoms with Gasteiger partial charge in [0.2, 0.25) is 0 Å². The molecule has 1 saturated heterocycles. The SMILES string of the molecule is CCCN1CCN([C@H](c2cc3cc(CC)ccc3[nH]c2=O)c2nnnn2C(C)(C)CC)CC1. The molecule has 1 N–H and O–H groups in total. The van der Waals surface area contributed by atoms with Crippen molar-refractivity contribution in [1.29, 1.82) is 0 Å². The lowest BCUT2D eigenvalue weighted by atomic mass is 9.98. The van der Waals surface area contributed by atoms with E-state index in [-0.39, 0.29) is 17.1 Å². The number of aryl methyl sites for hydroxylation is 1. The third-order valence-electron chi connectivity index (χ3n) is 7.13. The van der Waals surface area contributed by atoms with Crippen LogP contribution in [0.25, 0.3) is 10.9 Å². The molecule has 0 amide bonds. The van der Waals surface area contributed by atoms with Gasteiger partial charge in [-0.3, -0.25) is 9.69 Å². The minimum Gasteiger partial charge on any atom is -0.322 e. The highest BCUT2D eigenvalue weighted by molar-refractivity contribution is 5.80. The van der Waals surface area contributed by atoms with Gasteiger partial charge in [-0.2, -0.15) is 0 Å². The van der Waals surface area contributed by atoms with E-state index in [4.69, 9.17) is 0 Å². The second-order valence-corrected chi connectivity index (χ2v) is 9.72. The highest BCUT2D eigenvalue weighted by atomic mass is 16.1. The van der Waals surface area contributed by atoms with Gasteiger partial charge in [-0.05, 0) is 79.2 Å². The average Bonchev–Trinajstić information content (AvgIpc) is 3.31. The van der Waals surface area contributed by atoms with Crippen LogP contribution in [-0.4, -0.2) is 67.7 Å². The Bertz CT molecular complexity index is 1140. The molecule has 3 aromatic rings. The predicted octanol–water partition coefficient (Wildman–Crippen LogP) is 3.34. The minimum atomic E-state index is -0.298. The summed E-state index contributed by atoms with van der Waals surface area (Å²) in [6.45, 7) is 15.6. The highest BCUT2D eigenvalue weighted by Crippen LogP contribution is 2.31. The van der Waals surface area contributed by atoms with Crippen LogP contribution in [0.4, 0.5) is 0 Å². The fourth-order valence-electron chi connectivity index (χ4n) is 4.70. The summed E-state index contributed by atoms with van der Waals surface area (Å²) in [4.78, 5) is 21.4. The summed E-state index contributed by atoms with van der Waals surface area (Å²) in [5.41, 5.74) is 2.50. The molecule has 1 aliphatic heterocycles. The number of H-pyrrole nitrogens is 1. The molecule has 0 aliphatic carbocycles. The number of aromatic nitrogens is 5. The summed E-state index contributed by atoms with van der Waals surface area (Å²) >= 11 is 0. The Kier molecular flexibility index (Phi) is 6.95. The number of pyridine rings is 1. The third kappa shape index (κ3) is 4.73. The normalized spacial score (nSPS) is 17.0. The first-order valence-electron chi connectivity index (χ1n) is 12.3. The molecule has 1 aromatic carbocycles. The van der Waals surface area contributed by atoms with Crippen molar-refractivity contribution < 1.29 is 0 Å². The van der Waals surface area contributed by atoms with Gasteiger partial charge in [-0.15, -0.1) is 5.10 Å². The molecule has 0 spiro atoms. The number of rotatable bonds is 8. The zero-order chi connectivity index (χ0) is 23.6. The van der Waals surface area contributed by atoms with E-state index in [9.17, 15) is 4.79 Å². The maximum Gasteiger partial charge on any atom is 0.253 e. The fourth-order valence-corrected chi connectivity index (χ4v) is 4.70. The second-order valence-electron chi connectivity index (χ2n) is 9.72. The quantitative estimate of drug-likeness (QED) is 0.566. The van der Waals surface area contributed by atoms with Crippen molar-refractivity contribution in [1.82, 2.24) is 35.0 Å². The Morgan fingerprint density at radius 1 is 1.09 bits per heavy atom. The van der Waals surface area contributed by atoms with Gasteiger partial charge in [0, 0.05) is 37.3 Å². The van der Waals surface area contributed by atoms with E-state index in [1.165, 1.54) is 5.56 Å². The number of nitrogens with one attached hydrogen (secondary N) is 1. The van der Waals surface area contributed by atoms with Crippen molar-refractivity contribution in [3.8, 4) is 0 Å². The lowest BCUT2D eigenvalue weighted by molar-refractivity contribution is 0.101. The van der Waals surface area contributed by atoms with Crippen LogP contribution >= 0.6 is 0 Å². The van der Waals surface area contributed by atoms with Crippen LogP contribution in [0.15, 0.2) is 29.1 Å². The monoisotopic (exact) mass is 451 g/mol. The maximum absolute atomic E-state index is 13.4. The number of tetrazole rings is 1. The molecule has 4 rings (SSSR count). The van der Waals surface area contributed by atoms with Gasteiger partial charge in [-0.1, -0.05) is 26.8 Å². The van der Waals surface area contributed by atoms with Crippen LogP contribution in [0.2, 0.25) is 0 Å². The average molecular weight is 452 g/mol. The van der Waals surface area contributed by atoms with E-state index < -0.39 is 0 Å². The third-order valence-corrected chi connectivity index (χ3v) is 7.13. The van der Waals surface area contributed by atoms with Crippen molar-refractivity contribution in [3.63, 3.8) is 0 Å². The van der Waals surface area contributed by atoms with Crippen LogP contribution in [0.3, 0.4) is 0 Å². The van der Waals surface area contributed by atoms with E-state index >= 15 is 0 Å². The summed E-state index contributed by atoms with van der Waals surface area (Å²) in [6.07, 6.45) is 2.99. The van der Waals surface area contributed by atoms with E-state index in [0.29, 0.717) is 5.56 Å². The Labute approximate surface area is 196 Å². The fraction of sp³-hybridized carbons (Fsp3) is 0.600. The van der Waals surface area contributed by atoms with Crippen molar-refractivity contribution in [2.75, 3.05) is 32.7 Å². The lowest BCUT2D eigenvalue weighted by Crippen LogP contribution is -2.49. The molecular weight excluding hydrogens is 414 g/mol. The summed E-state index contributed by atoms with van der Waals surface area (Å²) in [6, 6.07) is 8.00. The number of hydrogen-bond donors (Lipinski definition) is 1. The van der Waals surface area contributed by atoms with E-state index in [1.807, 2.05) is 16.8 Å². The molecule has 3 heterocycles. The molecule has 1 fully saturated rings. The Hall–Kier alpha value is -2.58. The molecule has 1 aliphatic rings. The molecule has 8 nitrogen and oxygen atoms in total. The highest BCUT2D eigenvalue weighted by Gasteiger charge is 2.35. The van der Waals surface area contributed by atoms with Gasteiger partial charge in [0.05, 0.1) is 5.54 Å². The molecule has 0 bridgehead atoms. The van der Waals surface area contributed by atoms with Crippen molar-refractivity contribution in [3.05, 3.63) is 51.6 Å². The van der Waals surface area contributed by atoms with Crippen LogP contribution in [-0.2, 0) is 12.0 Å². The number of hydrogen-bond acceptors (Lipinski definition) is 6. The maximum atomic E-state index is 13.4. The van der Waals surface area contributed by atoms with Crippen molar-refractivity contribution in [2.45, 2.75) is 65.5 Å². The van der Waals surface area contributed by atoms with Gasteiger partial charge < -0.3 is 9.88 Å². The van der Waals surface area contributed by atoms with Crippen LogP contribution in [0.1, 0.15) is 70.5 Å². The van der Waals surface area contributed by atoms with Gasteiger partial charge in [0.15, 0.2) is 5.82 Å². The Balaban J connectivity index is 1.83. The lowest BCUT2D eigenvalue weighted by Gasteiger charge is -2.39.